The van der Waals surface area contributed by atoms with Crippen LogP contribution in [0, 0.1) is 29.6 Å². The molecule has 0 saturated heterocycles. The van der Waals surface area contributed by atoms with Gasteiger partial charge in [0.05, 0.1) is 4.75 Å². The van der Waals surface area contributed by atoms with E-state index in [1.165, 1.54) is 126 Å². The number of thioether (sulfide) groups is 5. The SMILES string of the molecule is CCCCC(CC)CSC(SCC(CC)CCCC)=C1C2=CC3=C(CC2(C)c2sccc21)C(=C(SCC(CC)CCCC)SCC(CC)CCCC)C1C=CSC31C. The lowest BCUT2D eigenvalue weighted by Gasteiger charge is -2.34. The van der Waals surface area contributed by atoms with Crippen LogP contribution in [-0.2, 0) is 5.41 Å². The van der Waals surface area contributed by atoms with Crippen LogP contribution in [0.3, 0.4) is 0 Å². The first-order valence-electron chi connectivity index (χ1n) is 24.1. The number of fused-ring (bicyclic) bond motifs is 5. The molecule has 1 aromatic heterocycles. The Labute approximate surface area is 384 Å². The Kier molecular flexibility index (Phi) is 20.6. The van der Waals surface area contributed by atoms with Crippen LogP contribution in [0.2, 0.25) is 0 Å². The van der Waals surface area contributed by atoms with Gasteiger partial charge in [-0.3, -0.25) is 0 Å². The molecule has 0 N–H and O–H groups in total. The minimum Gasteiger partial charge on any atom is -0.147 e. The number of allylic oxidation sites excluding steroid dienone is 6. The fourth-order valence-electron chi connectivity index (χ4n) is 9.77. The lowest BCUT2D eigenvalue weighted by molar-refractivity contribution is 0.499. The summed E-state index contributed by atoms with van der Waals surface area (Å²) in [6.07, 6.45) is 27.9. The van der Waals surface area contributed by atoms with Gasteiger partial charge in [-0.2, -0.15) is 0 Å². The summed E-state index contributed by atoms with van der Waals surface area (Å²) < 4.78 is 3.39. The van der Waals surface area contributed by atoms with Crippen molar-refractivity contribution in [2.75, 3.05) is 23.0 Å². The molecular weight excluding hydrogens is 817 g/mol. The average Bonchev–Trinajstić information content (AvgIpc) is 3.98. The summed E-state index contributed by atoms with van der Waals surface area (Å²) >= 11 is 13.2. The molecule has 7 unspecified atom stereocenters. The number of hydrogen-bond donors (Lipinski definition) is 0. The Morgan fingerprint density at radius 3 is 1.59 bits per heavy atom. The van der Waals surface area contributed by atoms with Gasteiger partial charge in [-0.05, 0) is 107 Å². The maximum Gasteiger partial charge on any atom is 0.0528 e. The highest BCUT2D eigenvalue weighted by molar-refractivity contribution is 8.22. The summed E-state index contributed by atoms with van der Waals surface area (Å²) in [5.74, 6) is 8.72. The lowest BCUT2D eigenvalue weighted by atomic mass is 9.72. The van der Waals surface area contributed by atoms with Crippen molar-refractivity contribution in [3.05, 3.63) is 70.2 Å². The largest absolute Gasteiger partial charge is 0.147 e. The van der Waals surface area contributed by atoms with Crippen molar-refractivity contribution >= 4 is 75.7 Å². The Morgan fingerprint density at radius 1 is 0.672 bits per heavy atom. The smallest absolute Gasteiger partial charge is 0.0528 e. The molecule has 1 aliphatic heterocycles. The number of unbranched alkanes of at least 4 members (excludes halogenated alkanes) is 4. The zero-order valence-corrected chi connectivity index (χ0v) is 43.5. The van der Waals surface area contributed by atoms with Crippen molar-refractivity contribution in [3.8, 4) is 0 Å². The molecule has 4 aliphatic rings. The predicted octanol–water partition coefficient (Wildman–Crippen LogP) is 19.0. The first-order valence-corrected chi connectivity index (χ1v) is 29.8. The van der Waals surface area contributed by atoms with E-state index in [1.54, 1.807) is 46.8 Å². The van der Waals surface area contributed by atoms with Crippen molar-refractivity contribution in [3.63, 3.8) is 0 Å². The van der Waals surface area contributed by atoms with E-state index in [2.05, 4.69) is 157 Å². The van der Waals surface area contributed by atoms with Gasteiger partial charge in [0.2, 0.25) is 0 Å². The van der Waals surface area contributed by atoms with Gasteiger partial charge in [-0.1, -0.05) is 152 Å². The zero-order valence-electron chi connectivity index (χ0n) is 38.6. The van der Waals surface area contributed by atoms with E-state index < -0.39 is 0 Å². The molecule has 0 aromatic carbocycles. The second-order valence-corrected chi connectivity index (χ2v) is 25.3. The second-order valence-electron chi connectivity index (χ2n) is 18.4. The van der Waals surface area contributed by atoms with Crippen LogP contribution in [0.15, 0.2) is 59.8 Å². The van der Waals surface area contributed by atoms with Gasteiger partial charge in [-0.15, -0.1) is 70.1 Å². The van der Waals surface area contributed by atoms with Crippen LogP contribution in [0.25, 0.3) is 5.57 Å². The third-order valence-corrected chi connectivity index (χ3v) is 22.5. The summed E-state index contributed by atoms with van der Waals surface area (Å²) in [4.78, 5) is 1.64. The molecule has 5 rings (SSSR count). The van der Waals surface area contributed by atoms with Crippen molar-refractivity contribution in [2.24, 2.45) is 29.6 Å². The molecule has 6 heteroatoms. The number of rotatable bonds is 28. The molecule has 326 valence electrons. The van der Waals surface area contributed by atoms with E-state index in [0.717, 1.165) is 30.1 Å². The Bertz CT molecular complexity index is 1560. The lowest BCUT2D eigenvalue weighted by Crippen LogP contribution is -2.27. The predicted molar refractivity (Wildman–Crippen MR) is 277 cm³/mol. The first kappa shape index (κ1) is 49.2. The van der Waals surface area contributed by atoms with E-state index >= 15 is 0 Å². The van der Waals surface area contributed by atoms with E-state index in [4.69, 9.17) is 0 Å². The highest BCUT2D eigenvalue weighted by Gasteiger charge is 2.56. The summed E-state index contributed by atoms with van der Waals surface area (Å²) in [6, 6.07) is 2.52. The molecule has 58 heavy (non-hydrogen) atoms. The highest BCUT2D eigenvalue weighted by Crippen LogP contribution is 2.68. The summed E-state index contributed by atoms with van der Waals surface area (Å²) in [7, 11) is 0. The summed E-state index contributed by atoms with van der Waals surface area (Å²) in [5.41, 5.74) is 9.97. The molecule has 0 radical (unpaired) electrons. The van der Waals surface area contributed by atoms with Crippen molar-refractivity contribution in [1.82, 2.24) is 0 Å². The van der Waals surface area contributed by atoms with Gasteiger partial charge >= 0.3 is 0 Å². The molecule has 0 bridgehead atoms. The van der Waals surface area contributed by atoms with Gasteiger partial charge < -0.3 is 0 Å². The summed E-state index contributed by atoms with van der Waals surface area (Å²) in [6.45, 7) is 24.4. The van der Waals surface area contributed by atoms with Gasteiger partial charge in [-0.25, -0.2) is 0 Å². The average molecular weight is 900 g/mol. The van der Waals surface area contributed by atoms with Crippen LogP contribution in [0.5, 0.6) is 0 Å². The minimum absolute atomic E-state index is 0.0258. The maximum absolute atomic E-state index is 2.81. The third-order valence-electron chi connectivity index (χ3n) is 14.2. The van der Waals surface area contributed by atoms with Crippen LogP contribution in [0.4, 0.5) is 0 Å². The molecular formula is C52H82S6. The molecule has 1 aromatic rings. The van der Waals surface area contributed by atoms with Gasteiger partial charge in [0.25, 0.3) is 0 Å². The van der Waals surface area contributed by atoms with Gasteiger partial charge in [0.15, 0.2) is 0 Å². The molecule has 0 spiro atoms. The Hall–Kier alpha value is 0.150. The van der Waals surface area contributed by atoms with E-state index in [1.807, 2.05) is 11.3 Å². The Balaban J connectivity index is 1.64. The van der Waals surface area contributed by atoms with Crippen molar-refractivity contribution < 1.29 is 0 Å². The molecule has 0 fully saturated rings. The van der Waals surface area contributed by atoms with Crippen molar-refractivity contribution in [1.29, 1.82) is 0 Å². The van der Waals surface area contributed by atoms with Crippen LogP contribution in [-0.4, -0.2) is 27.8 Å². The fourth-order valence-corrected chi connectivity index (χ4v) is 18.2. The highest BCUT2D eigenvalue weighted by atomic mass is 32.2. The van der Waals surface area contributed by atoms with E-state index in [0.29, 0.717) is 5.92 Å². The second kappa shape index (κ2) is 24.3. The van der Waals surface area contributed by atoms with Gasteiger partial charge in [0.1, 0.15) is 0 Å². The molecule has 0 saturated carbocycles. The number of hydrogen-bond acceptors (Lipinski definition) is 6. The first-order chi connectivity index (χ1) is 28.2. The molecule has 7 atom stereocenters. The maximum atomic E-state index is 2.81. The third kappa shape index (κ3) is 11.4. The molecule has 3 aliphatic carbocycles. The van der Waals surface area contributed by atoms with Crippen LogP contribution >= 0.6 is 70.1 Å². The number of thiophene rings is 1. The zero-order chi connectivity index (χ0) is 41.7. The molecule has 0 amide bonds. The topological polar surface area (TPSA) is 0 Å². The quantitative estimate of drug-likeness (QED) is 0.0819. The minimum atomic E-state index is 0.0258. The molecule has 0 nitrogen and oxygen atoms in total. The van der Waals surface area contributed by atoms with Crippen molar-refractivity contribution in [2.45, 2.75) is 189 Å². The van der Waals surface area contributed by atoms with Crippen LogP contribution in [0.1, 0.15) is 189 Å². The van der Waals surface area contributed by atoms with Crippen LogP contribution < -0.4 is 0 Å². The standard InChI is InChI=1S/C52H82S6/c1-11-19-23-37(15-5)33-54-49(55-34-38(16-6)24-20-12-2)46-41-27-29-53-48(41)51(9)32-42-44(31-45(46)51)52(10)43(28-30-58-52)47(42)50(56-35-39(17-7)25-21-13-3)57-36-40(18-8)26-22-14-4/h27-31,37-40,43H,11-26,32-36H2,1-10H3. The monoisotopic (exact) mass is 898 g/mol. The normalized spacial score (nSPS) is 24.1. The summed E-state index contributed by atoms with van der Waals surface area (Å²) in [5, 5.41) is 4.90. The molecule has 2 heterocycles. The van der Waals surface area contributed by atoms with E-state index in [9.17, 15) is 0 Å². The Morgan fingerprint density at radius 2 is 1.14 bits per heavy atom. The fraction of sp³-hybridized carbons (Fsp3) is 0.731. The van der Waals surface area contributed by atoms with E-state index in [-0.39, 0.29) is 10.2 Å². The van der Waals surface area contributed by atoms with Gasteiger partial charge in [0, 0.05) is 53.3 Å².